The van der Waals surface area contributed by atoms with Crippen LogP contribution in [-0.2, 0) is 0 Å². The van der Waals surface area contributed by atoms with Crippen LogP contribution in [0.5, 0.6) is 0 Å². The standard InChI is InChI=1S/C10H23NS/c1-9(2)11-8-10(3)6-5-7-12-4/h9-11H,5-8H2,1-4H3. The molecule has 0 heterocycles. The highest BCUT2D eigenvalue weighted by Gasteiger charge is 2.01. The summed E-state index contributed by atoms with van der Waals surface area (Å²) in [4.78, 5) is 0. The van der Waals surface area contributed by atoms with Crippen molar-refractivity contribution in [2.75, 3.05) is 18.6 Å². The van der Waals surface area contributed by atoms with Crippen LogP contribution in [0.3, 0.4) is 0 Å². The molecule has 12 heavy (non-hydrogen) atoms. The molecule has 0 aromatic rings. The normalized spacial score (nSPS) is 13.8. The zero-order valence-corrected chi connectivity index (χ0v) is 9.71. The van der Waals surface area contributed by atoms with Crippen LogP contribution in [0, 0.1) is 5.92 Å². The van der Waals surface area contributed by atoms with Gasteiger partial charge in [-0.3, -0.25) is 0 Å². The zero-order valence-electron chi connectivity index (χ0n) is 8.89. The van der Waals surface area contributed by atoms with E-state index < -0.39 is 0 Å². The predicted molar refractivity (Wildman–Crippen MR) is 59.9 cm³/mol. The third kappa shape index (κ3) is 8.41. The van der Waals surface area contributed by atoms with Gasteiger partial charge in [0.2, 0.25) is 0 Å². The minimum Gasteiger partial charge on any atom is -0.314 e. The summed E-state index contributed by atoms with van der Waals surface area (Å²) in [5, 5.41) is 3.47. The van der Waals surface area contributed by atoms with E-state index in [0.717, 1.165) is 5.92 Å². The summed E-state index contributed by atoms with van der Waals surface area (Å²) in [5.41, 5.74) is 0. The Bertz CT molecular complexity index is 93.8. The van der Waals surface area contributed by atoms with Gasteiger partial charge in [-0.15, -0.1) is 0 Å². The van der Waals surface area contributed by atoms with Crippen molar-refractivity contribution in [2.45, 2.75) is 39.7 Å². The van der Waals surface area contributed by atoms with Gasteiger partial charge in [0.1, 0.15) is 0 Å². The highest BCUT2D eigenvalue weighted by Crippen LogP contribution is 2.07. The molecule has 0 rings (SSSR count). The Kier molecular flexibility index (Phi) is 8.14. The molecule has 0 saturated carbocycles. The smallest absolute Gasteiger partial charge is 0.00104 e. The van der Waals surface area contributed by atoms with Crippen LogP contribution < -0.4 is 5.32 Å². The molecule has 0 aliphatic rings. The molecule has 0 aliphatic heterocycles. The van der Waals surface area contributed by atoms with Gasteiger partial charge in [0.25, 0.3) is 0 Å². The Hall–Kier alpha value is 0.310. The first-order valence-corrected chi connectivity index (χ1v) is 6.28. The number of hydrogen-bond acceptors (Lipinski definition) is 2. The van der Waals surface area contributed by atoms with Crippen molar-refractivity contribution in [3.8, 4) is 0 Å². The fraction of sp³-hybridized carbons (Fsp3) is 1.00. The van der Waals surface area contributed by atoms with Gasteiger partial charge in [0.05, 0.1) is 0 Å². The Balaban J connectivity index is 3.15. The molecular formula is C10H23NS. The lowest BCUT2D eigenvalue weighted by Gasteiger charge is -2.14. The van der Waals surface area contributed by atoms with E-state index in [1.807, 2.05) is 11.8 Å². The van der Waals surface area contributed by atoms with Crippen molar-refractivity contribution in [3.05, 3.63) is 0 Å². The average molecular weight is 189 g/mol. The SMILES string of the molecule is CSCCCC(C)CNC(C)C. The summed E-state index contributed by atoms with van der Waals surface area (Å²) in [6, 6.07) is 0.632. The molecule has 1 nitrogen and oxygen atoms in total. The van der Waals surface area contributed by atoms with Crippen molar-refractivity contribution in [3.63, 3.8) is 0 Å². The molecular weight excluding hydrogens is 166 g/mol. The van der Waals surface area contributed by atoms with E-state index >= 15 is 0 Å². The Morgan fingerprint density at radius 2 is 1.92 bits per heavy atom. The minimum atomic E-state index is 0.632. The van der Waals surface area contributed by atoms with Gasteiger partial charge in [-0.1, -0.05) is 20.8 Å². The second kappa shape index (κ2) is 7.93. The largest absolute Gasteiger partial charge is 0.314 e. The maximum absolute atomic E-state index is 3.47. The third-order valence-corrected chi connectivity index (χ3v) is 2.62. The van der Waals surface area contributed by atoms with Gasteiger partial charge in [-0.05, 0) is 37.3 Å². The lowest BCUT2D eigenvalue weighted by Crippen LogP contribution is -2.27. The fourth-order valence-electron chi connectivity index (χ4n) is 1.12. The first kappa shape index (κ1) is 12.3. The average Bonchev–Trinajstić information content (AvgIpc) is 2.01. The topological polar surface area (TPSA) is 12.0 Å². The van der Waals surface area contributed by atoms with Gasteiger partial charge in [0, 0.05) is 6.04 Å². The fourth-order valence-corrected chi connectivity index (χ4v) is 1.57. The van der Waals surface area contributed by atoms with Crippen molar-refractivity contribution in [2.24, 2.45) is 5.92 Å². The summed E-state index contributed by atoms with van der Waals surface area (Å²) >= 11 is 1.95. The second-order valence-electron chi connectivity index (χ2n) is 3.80. The molecule has 1 unspecified atom stereocenters. The molecule has 0 saturated heterocycles. The number of nitrogens with one attached hydrogen (secondary N) is 1. The maximum Gasteiger partial charge on any atom is 0.00104 e. The van der Waals surface area contributed by atoms with Crippen molar-refractivity contribution in [1.29, 1.82) is 0 Å². The summed E-state index contributed by atoms with van der Waals surface area (Å²) in [6.07, 6.45) is 4.90. The van der Waals surface area contributed by atoms with E-state index in [0.29, 0.717) is 6.04 Å². The molecule has 0 radical (unpaired) electrons. The quantitative estimate of drug-likeness (QED) is 0.618. The van der Waals surface area contributed by atoms with E-state index in [9.17, 15) is 0 Å². The molecule has 0 aliphatic carbocycles. The van der Waals surface area contributed by atoms with Gasteiger partial charge in [-0.25, -0.2) is 0 Å². The summed E-state index contributed by atoms with van der Waals surface area (Å²) < 4.78 is 0. The third-order valence-electron chi connectivity index (χ3n) is 1.92. The van der Waals surface area contributed by atoms with Gasteiger partial charge >= 0.3 is 0 Å². The molecule has 0 bridgehead atoms. The first-order valence-electron chi connectivity index (χ1n) is 4.89. The van der Waals surface area contributed by atoms with Gasteiger partial charge in [0.15, 0.2) is 0 Å². The highest BCUT2D eigenvalue weighted by molar-refractivity contribution is 7.98. The van der Waals surface area contributed by atoms with Gasteiger partial charge < -0.3 is 5.32 Å². The van der Waals surface area contributed by atoms with E-state index in [4.69, 9.17) is 0 Å². The minimum absolute atomic E-state index is 0.632. The summed E-state index contributed by atoms with van der Waals surface area (Å²) in [6.45, 7) is 7.91. The maximum atomic E-state index is 3.47. The van der Waals surface area contributed by atoms with Crippen LogP contribution in [0.25, 0.3) is 0 Å². The van der Waals surface area contributed by atoms with E-state index in [1.54, 1.807) is 0 Å². The van der Waals surface area contributed by atoms with Gasteiger partial charge in [-0.2, -0.15) is 11.8 Å². The molecule has 0 aromatic carbocycles. The molecule has 0 spiro atoms. The van der Waals surface area contributed by atoms with Crippen molar-refractivity contribution in [1.82, 2.24) is 5.32 Å². The van der Waals surface area contributed by atoms with Crippen LogP contribution in [0.4, 0.5) is 0 Å². The molecule has 1 N–H and O–H groups in total. The molecule has 0 aromatic heterocycles. The van der Waals surface area contributed by atoms with Crippen molar-refractivity contribution < 1.29 is 0 Å². The molecule has 74 valence electrons. The Morgan fingerprint density at radius 1 is 1.25 bits per heavy atom. The number of rotatable bonds is 7. The van der Waals surface area contributed by atoms with Crippen LogP contribution in [0.15, 0.2) is 0 Å². The first-order chi connectivity index (χ1) is 5.66. The lowest BCUT2D eigenvalue weighted by molar-refractivity contribution is 0.451. The number of hydrogen-bond donors (Lipinski definition) is 1. The number of thioether (sulfide) groups is 1. The summed E-state index contributed by atoms with van der Waals surface area (Å²) in [7, 11) is 0. The van der Waals surface area contributed by atoms with Crippen LogP contribution in [0.2, 0.25) is 0 Å². The monoisotopic (exact) mass is 189 g/mol. The highest BCUT2D eigenvalue weighted by atomic mass is 32.2. The van der Waals surface area contributed by atoms with E-state index in [2.05, 4.69) is 32.3 Å². The van der Waals surface area contributed by atoms with Crippen molar-refractivity contribution >= 4 is 11.8 Å². The van der Waals surface area contributed by atoms with E-state index in [-0.39, 0.29) is 0 Å². The lowest BCUT2D eigenvalue weighted by atomic mass is 10.1. The zero-order chi connectivity index (χ0) is 9.40. The van der Waals surface area contributed by atoms with Crippen LogP contribution in [0.1, 0.15) is 33.6 Å². The predicted octanol–water partition coefficient (Wildman–Crippen LogP) is 2.76. The Labute approximate surface area is 81.7 Å². The summed E-state index contributed by atoms with van der Waals surface area (Å²) in [5.74, 6) is 2.14. The van der Waals surface area contributed by atoms with E-state index in [1.165, 1.54) is 25.1 Å². The second-order valence-corrected chi connectivity index (χ2v) is 4.79. The Morgan fingerprint density at radius 3 is 2.42 bits per heavy atom. The molecule has 0 amide bonds. The molecule has 0 fully saturated rings. The molecule has 1 atom stereocenters. The molecule has 2 heteroatoms. The van der Waals surface area contributed by atoms with Crippen LogP contribution in [-0.4, -0.2) is 24.6 Å². The van der Waals surface area contributed by atoms with Crippen LogP contribution >= 0.6 is 11.8 Å².